The number of thiazole rings is 1. The molecule has 7 nitrogen and oxygen atoms in total. The van der Waals surface area contributed by atoms with E-state index in [1.165, 1.54) is 18.4 Å². The summed E-state index contributed by atoms with van der Waals surface area (Å²) in [6.07, 6.45) is 1.78. The summed E-state index contributed by atoms with van der Waals surface area (Å²) in [6, 6.07) is 11.0. The highest BCUT2D eigenvalue weighted by atomic mass is 79.9. The number of hydrogen-bond donors (Lipinski definition) is 0. The maximum Gasteiger partial charge on any atom is 0.344 e. The van der Waals surface area contributed by atoms with Crippen molar-refractivity contribution in [2.45, 2.75) is 6.92 Å². The van der Waals surface area contributed by atoms with E-state index < -0.39 is 5.97 Å². The molecular formula is C21H17BrN2O5S. The summed E-state index contributed by atoms with van der Waals surface area (Å²) in [6.45, 7) is 1.79. The third-order valence-corrected chi connectivity index (χ3v) is 6.02. The maximum absolute atomic E-state index is 13.0. The summed E-state index contributed by atoms with van der Waals surface area (Å²) in [4.78, 5) is 29.7. The zero-order valence-corrected chi connectivity index (χ0v) is 18.6. The van der Waals surface area contributed by atoms with Gasteiger partial charge in [0.2, 0.25) is 0 Å². The van der Waals surface area contributed by atoms with Gasteiger partial charge in [0, 0.05) is 4.47 Å². The predicted molar refractivity (Wildman–Crippen MR) is 118 cm³/mol. The van der Waals surface area contributed by atoms with E-state index in [9.17, 15) is 9.59 Å². The van der Waals surface area contributed by atoms with Gasteiger partial charge in [-0.3, -0.25) is 4.79 Å². The molecule has 0 bridgehead atoms. The van der Waals surface area contributed by atoms with E-state index >= 15 is 0 Å². The summed E-state index contributed by atoms with van der Waals surface area (Å²) in [5, 5.41) is 0. The number of aromatic nitrogens is 2. The summed E-state index contributed by atoms with van der Waals surface area (Å²) in [7, 11) is 1.51. The average Bonchev–Trinajstić information content (AvgIpc) is 3.24. The molecule has 0 unspecified atom stereocenters. The van der Waals surface area contributed by atoms with Crippen LogP contribution in [0.1, 0.15) is 12.5 Å². The molecule has 154 valence electrons. The largest absolute Gasteiger partial charge is 0.493 e. The third-order valence-electron chi connectivity index (χ3n) is 4.37. The number of rotatable bonds is 6. The number of halogens is 1. The number of fused-ring (bicyclic) bond motifs is 3. The fourth-order valence-corrected chi connectivity index (χ4v) is 4.44. The number of hydrogen-bond acceptors (Lipinski definition) is 7. The Balaban J connectivity index is 1.74. The minimum Gasteiger partial charge on any atom is -0.493 e. The highest BCUT2D eigenvalue weighted by molar-refractivity contribution is 9.10. The van der Waals surface area contributed by atoms with Gasteiger partial charge in [-0.15, -0.1) is 0 Å². The monoisotopic (exact) mass is 488 g/mol. The van der Waals surface area contributed by atoms with Crippen LogP contribution in [0.15, 0.2) is 45.7 Å². The van der Waals surface area contributed by atoms with Gasteiger partial charge >= 0.3 is 5.97 Å². The van der Waals surface area contributed by atoms with Gasteiger partial charge in [0.05, 0.1) is 29.3 Å². The van der Waals surface area contributed by atoms with Crippen LogP contribution in [-0.4, -0.2) is 35.7 Å². The molecule has 0 N–H and O–H groups in total. The van der Waals surface area contributed by atoms with E-state index in [4.69, 9.17) is 14.2 Å². The minimum absolute atomic E-state index is 0.128. The maximum atomic E-state index is 13.0. The molecule has 30 heavy (non-hydrogen) atoms. The van der Waals surface area contributed by atoms with E-state index in [0.29, 0.717) is 25.5 Å². The molecule has 0 aliphatic rings. The first-order valence-corrected chi connectivity index (χ1v) is 10.7. The number of ether oxygens (including phenoxy) is 3. The molecule has 2 heterocycles. The predicted octanol–water partition coefficient (Wildman–Crippen LogP) is 3.17. The van der Waals surface area contributed by atoms with Crippen LogP contribution in [0.5, 0.6) is 11.5 Å². The van der Waals surface area contributed by atoms with E-state index in [-0.39, 0.29) is 18.8 Å². The van der Waals surface area contributed by atoms with Crippen LogP contribution in [0.3, 0.4) is 0 Å². The standard InChI is InChI=1S/C21H17BrN2O5S/c1-3-28-19(25)11-29-17-10-13(22)12(8-16(17)27-2)9-18-20(26)24-15-7-5-4-6-14(15)23-21(24)30-18/h4-10H,3,11H2,1-2H3. The lowest BCUT2D eigenvalue weighted by atomic mass is 10.2. The van der Waals surface area contributed by atoms with E-state index in [1.54, 1.807) is 29.5 Å². The molecule has 2 aromatic heterocycles. The first-order chi connectivity index (χ1) is 14.5. The van der Waals surface area contributed by atoms with Gasteiger partial charge in [0.25, 0.3) is 5.56 Å². The van der Waals surface area contributed by atoms with E-state index in [1.807, 2.05) is 24.3 Å². The first-order valence-electron chi connectivity index (χ1n) is 9.09. The van der Waals surface area contributed by atoms with Gasteiger partial charge in [-0.05, 0) is 42.8 Å². The quantitative estimate of drug-likeness (QED) is 0.388. The number of para-hydroxylation sites is 2. The molecule has 0 spiro atoms. The van der Waals surface area contributed by atoms with Crippen molar-refractivity contribution in [2.24, 2.45) is 0 Å². The zero-order valence-electron chi connectivity index (χ0n) is 16.2. The average molecular weight is 489 g/mol. The van der Waals surface area contributed by atoms with Crippen LogP contribution < -0.4 is 19.6 Å². The van der Waals surface area contributed by atoms with Crippen molar-refractivity contribution in [2.75, 3.05) is 20.3 Å². The summed E-state index contributed by atoms with van der Waals surface area (Å²) in [5.41, 5.74) is 2.18. The number of carbonyl (C=O) groups excluding carboxylic acids is 1. The molecule has 0 atom stereocenters. The van der Waals surface area contributed by atoms with Crippen LogP contribution in [0, 0.1) is 0 Å². The summed E-state index contributed by atoms with van der Waals surface area (Å²) in [5.74, 6) is 0.369. The van der Waals surface area contributed by atoms with Crippen LogP contribution in [0.2, 0.25) is 0 Å². The Labute approximate surface area is 183 Å². The van der Waals surface area contributed by atoms with Gasteiger partial charge in [-0.1, -0.05) is 39.4 Å². The lowest BCUT2D eigenvalue weighted by Crippen LogP contribution is -2.22. The Hall–Kier alpha value is -2.91. The molecule has 4 aromatic rings. The Morgan fingerprint density at radius 1 is 1.27 bits per heavy atom. The fraction of sp³-hybridized carbons (Fsp3) is 0.190. The molecule has 0 fully saturated rings. The summed E-state index contributed by atoms with van der Waals surface area (Å²) >= 11 is 4.82. The molecule has 4 rings (SSSR count). The van der Waals surface area contributed by atoms with Gasteiger partial charge < -0.3 is 14.2 Å². The van der Waals surface area contributed by atoms with Gasteiger partial charge in [-0.25, -0.2) is 14.2 Å². The van der Waals surface area contributed by atoms with Crippen LogP contribution in [-0.2, 0) is 9.53 Å². The van der Waals surface area contributed by atoms with Crippen molar-refractivity contribution < 1.29 is 19.0 Å². The number of methoxy groups -OCH3 is 1. The Bertz CT molecular complexity index is 1360. The number of carbonyl (C=O) groups is 1. The fourth-order valence-electron chi connectivity index (χ4n) is 3.03. The second kappa shape index (κ2) is 8.45. The highest BCUT2D eigenvalue weighted by Crippen LogP contribution is 2.34. The molecule has 0 amide bonds. The smallest absolute Gasteiger partial charge is 0.344 e. The Morgan fingerprint density at radius 3 is 2.83 bits per heavy atom. The number of esters is 1. The second-order valence-electron chi connectivity index (χ2n) is 6.25. The molecule has 0 radical (unpaired) electrons. The number of imidazole rings is 1. The first kappa shape index (κ1) is 20.4. The number of nitrogens with zero attached hydrogens (tertiary/aromatic N) is 2. The van der Waals surface area contributed by atoms with Crippen molar-refractivity contribution >= 4 is 55.3 Å². The molecule has 0 aliphatic carbocycles. The SMILES string of the molecule is CCOC(=O)COc1cc(Br)c(C=c2sc3nc4ccccc4n3c2=O)cc1OC. The van der Waals surface area contributed by atoms with E-state index in [2.05, 4.69) is 20.9 Å². The third kappa shape index (κ3) is 3.78. The van der Waals surface area contributed by atoms with Gasteiger partial charge in [0.15, 0.2) is 23.1 Å². The van der Waals surface area contributed by atoms with Crippen LogP contribution in [0.25, 0.3) is 22.1 Å². The molecule has 9 heteroatoms. The lowest BCUT2D eigenvalue weighted by molar-refractivity contribution is -0.145. The minimum atomic E-state index is -0.462. The highest BCUT2D eigenvalue weighted by Gasteiger charge is 2.14. The normalized spacial score (nSPS) is 11.9. The molecule has 0 saturated carbocycles. The molecule has 2 aromatic carbocycles. The second-order valence-corrected chi connectivity index (χ2v) is 8.12. The van der Waals surface area contributed by atoms with E-state index in [0.717, 1.165) is 16.6 Å². The van der Waals surface area contributed by atoms with Crippen LogP contribution >= 0.6 is 27.3 Å². The molecular weight excluding hydrogens is 472 g/mol. The Kier molecular flexibility index (Phi) is 5.74. The van der Waals surface area contributed by atoms with Gasteiger partial charge in [0.1, 0.15) is 0 Å². The van der Waals surface area contributed by atoms with Crippen molar-refractivity contribution in [1.29, 1.82) is 0 Å². The zero-order chi connectivity index (χ0) is 21.3. The summed E-state index contributed by atoms with van der Waals surface area (Å²) < 4.78 is 18.6. The van der Waals surface area contributed by atoms with Gasteiger partial charge in [-0.2, -0.15) is 0 Å². The molecule has 0 aliphatic heterocycles. The van der Waals surface area contributed by atoms with Crippen LogP contribution in [0.4, 0.5) is 0 Å². The molecule has 0 saturated heterocycles. The number of benzene rings is 2. The topological polar surface area (TPSA) is 79.1 Å². The van der Waals surface area contributed by atoms with Crippen molar-refractivity contribution in [3.8, 4) is 11.5 Å². The lowest BCUT2D eigenvalue weighted by Gasteiger charge is -2.12. The Morgan fingerprint density at radius 2 is 2.07 bits per heavy atom. The van der Waals surface area contributed by atoms with Crippen molar-refractivity contribution in [3.05, 3.63) is 61.3 Å². The van der Waals surface area contributed by atoms with Crippen molar-refractivity contribution in [3.63, 3.8) is 0 Å². The van der Waals surface area contributed by atoms with Crippen molar-refractivity contribution in [1.82, 2.24) is 9.38 Å².